The molecule has 88 valence electrons. The first-order chi connectivity index (χ1) is 7.62. The fourth-order valence-corrected chi connectivity index (χ4v) is 5.54. The summed E-state index contributed by atoms with van der Waals surface area (Å²) in [5.74, 6) is 2.27. The zero-order valence-corrected chi connectivity index (χ0v) is 11.4. The van der Waals surface area contributed by atoms with E-state index in [4.69, 9.17) is 0 Å². The smallest absolute Gasteiger partial charge is 0.113 e. The standard InChI is InChI=1S/C13H18OS2/c1-3-13(14,11-7-5-4-6-8-11)12(2)15-9-10-16-12/h4-8,14H,3,9-10H2,1-2H3. The van der Waals surface area contributed by atoms with Crippen molar-refractivity contribution < 1.29 is 5.11 Å². The number of thioether (sulfide) groups is 2. The van der Waals surface area contributed by atoms with Crippen molar-refractivity contribution in [2.45, 2.75) is 29.9 Å². The third-order valence-corrected chi connectivity index (χ3v) is 6.91. The predicted octanol–water partition coefficient (Wildman–Crippen LogP) is 3.48. The molecule has 3 heteroatoms. The summed E-state index contributed by atoms with van der Waals surface area (Å²) in [5, 5.41) is 11.0. The van der Waals surface area contributed by atoms with Crippen molar-refractivity contribution in [2.75, 3.05) is 11.5 Å². The van der Waals surface area contributed by atoms with Gasteiger partial charge in [0.15, 0.2) is 0 Å². The molecule has 16 heavy (non-hydrogen) atoms. The lowest BCUT2D eigenvalue weighted by molar-refractivity contribution is 0.0250. The van der Waals surface area contributed by atoms with E-state index in [0.29, 0.717) is 0 Å². The fourth-order valence-electron chi connectivity index (χ4n) is 2.25. The Morgan fingerprint density at radius 1 is 1.25 bits per heavy atom. The lowest BCUT2D eigenvalue weighted by atomic mass is 9.88. The zero-order chi connectivity index (χ0) is 11.6. The van der Waals surface area contributed by atoms with Crippen LogP contribution in [-0.2, 0) is 5.60 Å². The highest BCUT2D eigenvalue weighted by Crippen LogP contribution is 2.55. The van der Waals surface area contributed by atoms with Crippen molar-refractivity contribution in [2.24, 2.45) is 0 Å². The molecule has 1 aromatic rings. The van der Waals surface area contributed by atoms with Crippen LogP contribution < -0.4 is 0 Å². The molecule has 2 rings (SSSR count). The van der Waals surface area contributed by atoms with E-state index in [2.05, 4.69) is 13.8 Å². The normalized spacial score (nSPS) is 22.9. The second-order valence-corrected chi connectivity index (χ2v) is 7.51. The van der Waals surface area contributed by atoms with E-state index < -0.39 is 5.60 Å². The van der Waals surface area contributed by atoms with E-state index >= 15 is 0 Å². The monoisotopic (exact) mass is 254 g/mol. The molecule has 1 aromatic carbocycles. The Morgan fingerprint density at radius 2 is 1.81 bits per heavy atom. The maximum Gasteiger partial charge on any atom is 0.113 e. The maximum absolute atomic E-state index is 11.0. The number of rotatable bonds is 3. The van der Waals surface area contributed by atoms with Crippen LogP contribution in [0, 0.1) is 0 Å². The van der Waals surface area contributed by atoms with Crippen LogP contribution in [0.1, 0.15) is 25.8 Å². The minimum absolute atomic E-state index is 0.108. The van der Waals surface area contributed by atoms with Crippen molar-refractivity contribution in [1.29, 1.82) is 0 Å². The van der Waals surface area contributed by atoms with Gasteiger partial charge in [0.1, 0.15) is 5.60 Å². The van der Waals surface area contributed by atoms with Gasteiger partial charge in [0.2, 0.25) is 0 Å². The highest BCUT2D eigenvalue weighted by molar-refractivity contribution is 8.21. The van der Waals surface area contributed by atoms with Crippen molar-refractivity contribution in [1.82, 2.24) is 0 Å². The van der Waals surface area contributed by atoms with E-state index in [0.717, 1.165) is 23.5 Å². The van der Waals surface area contributed by atoms with Gasteiger partial charge in [-0.3, -0.25) is 0 Å². The van der Waals surface area contributed by atoms with Gasteiger partial charge < -0.3 is 5.11 Å². The van der Waals surface area contributed by atoms with Crippen LogP contribution in [-0.4, -0.2) is 20.7 Å². The first-order valence-corrected chi connectivity index (χ1v) is 7.65. The van der Waals surface area contributed by atoms with Gasteiger partial charge in [0.05, 0.1) is 4.08 Å². The molecule has 1 aliphatic heterocycles. The van der Waals surface area contributed by atoms with Crippen LogP contribution in [0.25, 0.3) is 0 Å². The summed E-state index contributed by atoms with van der Waals surface area (Å²) in [7, 11) is 0. The van der Waals surface area contributed by atoms with Crippen LogP contribution in [0.15, 0.2) is 30.3 Å². The summed E-state index contributed by atoms with van der Waals surface area (Å²) in [6, 6.07) is 10.1. The molecule has 1 saturated heterocycles. The molecular weight excluding hydrogens is 236 g/mol. The van der Waals surface area contributed by atoms with Gasteiger partial charge >= 0.3 is 0 Å². The van der Waals surface area contributed by atoms with Gasteiger partial charge in [-0.25, -0.2) is 0 Å². The van der Waals surface area contributed by atoms with Crippen LogP contribution in [0.2, 0.25) is 0 Å². The van der Waals surface area contributed by atoms with E-state index in [1.807, 2.05) is 53.9 Å². The second-order valence-electron chi connectivity index (χ2n) is 4.22. The average Bonchev–Trinajstić information content (AvgIpc) is 2.78. The second kappa shape index (κ2) is 4.63. The van der Waals surface area contributed by atoms with Crippen LogP contribution in [0.5, 0.6) is 0 Å². The number of benzene rings is 1. The molecule has 0 amide bonds. The lowest BCUT2D eigenvalue weighted by Gasteiger charge is -2.41. The molecule has 1 heterocycles. The zero-order valence-electron chi connectivity index (χ0n) is 9.77. The third-order valence-electron chi connectivity index (χ3n) is 3.35. The Kier molecular flexibility index (Phi) is 3.57. The Balaban J connectivity index is 2.39. The minimum atomic E-state index is -0.722. The summed E-state index contributed by atoms with van der Waals surface area (Å²) >= 11 is 3.77. The van der Waals surface area contributed by atoms with Crippen LogP contribution in [0.3, 0.4) is 0 Å². The topological polar surface area (TPSA) is 20.2 Å². The van der Waals surface area contributed by atoms with Gasteiger partial charge in [-0.05, 0) is 18.9 Å². The summed E-state index contributed by atoms with van der Waals surface area (Å²) in [4.78, 5) is 0. The molecule has 1 nitrogen and oxygen atoms in total. The molecule has 1 unspecified atom stereocenters. The van der Waals surface area contributed by atoms with E-state index in [1.54, 1.807) is 0 Å². The van der Waals surface area contributed by atoms with E-state index in [1.165, 1.54) is 0 Å². The summed E-state index contributed by atoms with van der Waals surface area (Å²) in [6.45, 7) is 4.24. The lowest BCUT2D eigenvalue weighted by Crippen LogP contribution is -2.43. The largest absolute Gasteiger partial charge is 0.383 e. The SMILES string of the molecule is CCC(O)(c1ccccc1)C1(C)SCCS1. The van der Waals surface area contributed by atoms with Gasteiger partial charge in [-0.2, -0.15) is 0 Å². The van der Waals surface area contributed by atoms with E-state index in [9.17, 15) is 5.11 Å². The van der Waals surface area contributed by atoms with Gasteiger partial charge in [0.25, 0.3) is 0 Å². The fraction of sp³-hybridized carbons (Fsp3) is 0.538. The molecule has 0 saturated carbocycles. The number of hydrogen-bond donors (Lipinski definition) is 1. The van der Waals surface area contributed by atoms with Crippen molar-refractivity contribution >= 4 is 23.5 Å². The van der Waals surface area contributed by atoms with Gasteiger partial charge in [0, 0.05) is 11.5 Å². The maximum atomic E-state index is 11.0. The molecule has 1 aliphatic rings. The molecular formula is C13H18OS2. The Morgan fingerprint density at radius 3 is 2.31 bits per heavy atom. The number of aliphatic hydroxyl groups is 1. The molecule has 1 atom stereocenters. The average molecular weight is 254 g/mol. The molecule has 0 aliphatic carbocycles. The van der Waals surface area contributed by atoms with Gasteiger partial charge in [-0.1, -0.05) is 37.3 Å². The third kappa shape index (κ3) is 1.89. The molecule has 0 bridgehead atoms. The molecule has 1 N–H and O–H groups in total. The first-order valence-electron chi connectivity index (χ1n) is 5.68. The minimum Gasteiger partial charge on any atom is -0.383 e. The molecule has 1 fully saturated rings. The van der Waals surface area contributed by atoms with Crippen molar-refractivity contribution in [3.8, 4) is 0 Å². The Labute approximate surface area is 106 Å². The van der Waals surface area contributed by atoms with Gasteiger partial charge in [-0.15, -0.1) is 23.5 Å². The summed E-state index contributed by atoms with van der Waals surface area (Å²) < 4.78 is -0.108. The predicted molar refractivity (Wildman–Crippen MR) is 74.0 cm³/mol. The van der Waals surface area contributed by atoms with Crippen molar-refractivity contribution in [3.63, 3.8) is 0 Å². The van der Waals surface area contributed by atoms with Crippen LogP contribution >= 0.6 is 23.5 Å². The Hall–Kier alpha value is -0.120. The van der Waals surface area contributed by atoms with Crippen LogP contribution in [0.4, 0.5) is 0 Å². The molecule has 0 spiro atoms. The summed E-state index contributed by atoms with van der Waals surface area (Å²) in [5.41, 5.74) is 0.321. The highest BCUT2D eigenvalue weighted by Gasteiger charge is 2.49. The Bertz CT molecular complexity index is 346. The first kappa shape index (κ1) is 12.3. The quantitative estimate of drug-likeness (QED) is 0.892. The molecule has 0 radical (unpaired) electrons. The highest BCUT2D eigenvalue weighted by atomic mass is 32.2. The summed E-state index contributed by atoms with van der Waals surface area (Å²) in [6.07, 6.45) is 0.757. The number of hydrogen-bond acceptors (Lipinski definition) is 3. The van der Waals surface area contributed by atoms with E-state index in [-0.39, 0.29) is 4.08 Å². The van der Waals surface area contributed by atoms with Crippen molar-refractivity contribution in [3.05, 3.63) is 35.9 Å². The molecule has 0 aromatic heterocycles.